The minimum atomic E-state index is -0.499. The van der Waals surface area contributed by atoms with Crippen molar-refractivity contribution in [3.05, 3.63) is 72.3 Å². The largest absolute Gasteiger partial charge is 0.387 e. The summed E-state index contributed by atoms with van der Waals surface area (Å²) in [7, 11) is 0. The summed E-state index contributed by atoms with van der Waals surface area (Å²) >= 11 is 0. The van der Waals surface area contributed by atoms with E-state index in [1.54, 1.807) is 0 Å². The van der Waals surface area contributed by atoms with Gasteiger partial charge in [0.1, 0.15) is 0 Å². The second-order valence-corrected chi connectivity index (χ2v) is 7.54. The quantitative estimate of drug-likeness (QED) is 0.533. The van der Waals surface area contributed by atoms with Gasteiger partial charge in [0.25, 0.3) is 0 Å². The van der Waals surface area contributed by atoms with Crippen LogP contribution in [-0.2, 0) is 0 Å². The molecule has 1 fully saturated rings. The Kier molecular flexibility index (Phi) is 4.19. The highest BCUT2D eigenvalue weighted by Gasteiger charge is 2.23. The number of likely N-dealkylation sites (tertiary alicyclic amines) is 1. The number of aromatic amines is 1. The summed E-state index contributed by atoms with van der Waals surface area (Å²) < 4.78 is 0. The molecule has 1 saturated heterocycles. The van der Waals surface area contributed by atoms with Gasteiger partial charge in [0.15, 0.2) is 0 Å². The van der Waals surface area contributed by atoms with Crippen LogP contribution in [0.1, 0.15) is 24.5 Å². The van der Waals surface area contributed by atoms with Crippen LogP contribution in [-0.4, -0.2) is 34.6 Å². The van der Waals surface area contributed by atoms with E-state index in [0.29, 0.717) is 6.54 Å². The molecule has 0 saturated carbocycles. The molecule has 2 heterocycles. The van der Waals surface area contributed by atoms with Crippen LogP contribution in [0.2, 0.25) is 0 Å². The molecule has 4 aromatic rings. The maximum Gasteiger partial charge on any atom is 0.0943 e. The number of aliphatic hydroxyl groups is 1. The first kappa shape index (κ1) is 16.5. The third-order valence-corrected chi connectivity index (χ3v) is 5.75. The summed E-state index contributed by atoms with van der Waals surface area (Å²) in [6.07, 6.45) is 1.97. The van der Waals surface area contributed by atoms with Crippen LogP contribution in [0.25, 0.3) is 32.9 Å². The van der Waals surface area contributed by atoms with E-state index >= 15 is 0 Å². The van der Waals surface area contributed by atoms with Gasteiger partial charge in [-0.3, -0.25) is 0 Å². The fourth-order valence-electron chi connectivity index (χ4n) is 4.38. The average molecular weight is 356 g/mol. The lowest BCUT2D eigenvalue weighted by molar-refractivity contribution is 0.128. The summed E-state index contributed by atoms with van der Waals surface area (Å²) in [5, 5.41) is 14.7. The molecule has 1 aliphatic rings. The molecule has 2 N–H and O–H groups in total. The van der Waals surface area contributed by atoms with Crippen LogP contribution in [0.3, 0.4) is 0 Å². The lowest BCUT2D eigenvalue weighted by atomic mass is 9.98. The van der Waals surface area contributed by atoms with Gasteiger partial charge in [-0.05, 0) is 54.4 Å². The number of fused-ring (bicyclic) bond motifs is 2. The SMILES string of the molecule is OC(CN1CCCC1)c1c(-c2ccc3ccccc3c2)[nH]c2ccccc12. The third kappa shape index (κ3) is 3.03. The number of rotatable bonds is 4. The monoisotopic (exact) mass is 356 g/mol. The Bertz CT molecular complexity index is 1090. The molecule has 5 rings (SSSR count). The first-order valence-electron chi connectivity index (χ1n) is 9.80. The maximum absolute atomic E-state index is 11.2. The fraction of sp³-hybridized carbons (Fsp3) is 0.250. The van der Waals surface area contributed by atoms with Crippen molar-refractivity contribution in [3.8, 4) is 11.3 Å². The lowest BCUT2D eigenvalue weighted by Gasteiger charge is -2.20. The second kappa shape index (κ2) is 6.84. The van der Waals surface area contributed by atoms with Crippen LogP contribution in [0.4, 0.5) is 0 Å². The van der Waals surface area contributed by atoms with Crippen LogP contribution in [0.15, 0.2) is 66.7 Å². The van der Waals surface area contributed by atoms with Crippen LogP contribution < -0.4 is 0 Å². The molecule has 1 atom stereocenters. The van der Waals surface area contributed by atoms with Crippen molar-refractivity contribution in [2.45, 2.75) is 18.9 Å². The standard InChI is InChI=1S/C24H24N2O/c27-22(16-26-13-5-6-14-26)23-20-9-3-4-10-21(20)25-24(23)19-12-11-17-7-1-2-8-18(17)15-19/h1-4,7-12,15,22,25,27H,5-6,13-14,16H2. The number of nitrogens with one attached hydrogen (secondary N) is 1. The number of H-pyrrole nitrogens is 1. The molecule has 1 unspecified atom stereocenters. The molecule has 3 aromatic carbocycles. The lowest BCUT2D eigenvalue weighted by Crippen LogP contribution is -2.25. The Morgan fingerprint density at radius 1 is 0.889 bits per heavy atom. The minimum absolute atomic E-state index is 0.499. The van der Waals surface area contributed by atoms with Crippen molar-refractivity contribution in [3.63, 3.8) is 0 Å². The summed E-state index contributed by atoms with van der Waals surface area (Å²) in [5.74, 6) is 0. The molecular weight excluding hydrogens is 332 g/mol. The summed E-state index contributed by atoms with van der Waals surface area (Å²) in [6, 6.07) is 23.2. The van der Waals surface area contributed by atoms with Gasteiger partial charge >= 0.3 is 0 Å². The zero-order valence-corrected chi connectivity index (χ0v) is 15.4. The smallest absolute Gasteiger partial charge is 0.0943 e. The molecule has 3 heteroatoms. The summed E-state index contributed by atoms with van der Waals surface area (Å²) in [4.78, 5) is 5.94. The van der Waals surface area contributed by atoms with E-state index < -0.39 is 6.10 Å². The van der Waals surface area contributed by atoms with Gasteiger partial charge in [0.2, 0.25) is 0 Å². The van der Waals surface area contributed by atoms with Gasteiger partial charge in [0.05, 0.1) is 11.8 Å². The van der Waals surface area contributed by atoms with Gasteiger partial charge in [-0.25, -0.2) is 0 Å². The number of β-amino-alcohol motifs (C(OH)–C–C–N with tert-alkyl or cyclic N) is 1. The van der Waals surface area contributed by atoms with E-state index in [9.17, 15) is 5.11 Å². The van der Waals surface area contributed by atoms with E-state index in [4.69, 9.17) is 0 Å². The maximum atomic E-state index is 11.2. The Labute approximate surface area is 159 Å². The number of hydrogen-bond donors (Lipinski definition) is 2. The van der Waals surface area contributed by atoms with Crippen molar-refractivity contribution in [1.82, 2.24) is 9.88 Å². The average Bonchev–Trinajstić information content (AvgIpc) is 3.35. The number of hydrogen-bond acceptors (Lipinski definition) is 2. The molecule has 0 amide bonds. The molecule has 136 valence electrons. The van der Waals surface area contributed by atoms with Crippen molar-refractivity contribution < 1.29 is 5.11 Å². The third-order valence-electron chi connectivity index (χ3n) is 5.75. The van der Waals surface area contributed by atoms with E-state index in [1.165, 1.54) is 23.6 Å². The van der Waals surface area contributed by atoms with E-state index in [-0.39, 0.29) is 0 Å². The minimum Gasteiger partial charge on any atom is -0.387 e. The Balaban J connectivity index is 1.63. The van der Waals surface area contributed by atoms with Gasteiger partial charge in [0, 0.05) is 23.0 Å². The topological polar surface area (TPSA) is 39.3 Å². The van der Waals surface area contributed by atoms with Crippen molar-refractivity contribution in [2.24, 2.45) is 0 Å². The molecular formula is C24H24N2O. The first-order valence-corrected chi connectivity index (χ1v) is 9.80. The fourth-order valence-corrected chi connectivity index (χ4v) is 4.38. The molecule has 0 spiro atoms. The van der Waals surface area contributed by atoms with E-state index in [2.05, 4.69) is 64.5 Å². The highest BCUT2D eigenvalue weighted by Crippen LogP contribution is 2.36. The van der Waals surface area contributed by atoms with Crippen molar-refractivity contribution in [2.75, 3.05) is 19.6 Å². The Morgan fingerprint density at radius 3 is 2.48 bits per heavy atom. The van der Waals surface area contributed by atoms with Gasteiger partial charge in [-0.2, -0.15) is 0 Å². The number of benzene rings is 3. The molecule has 27 heavy (non-hydrogen) atoms. The van der Waals surface area contributed by atoms with Crippen LogP contribution in [0.5, 0.6) is 0 Å². The number of aliphatic hydroxyl groups excluding tert-OH is 1. The molecule has 3 nitrogen and oxygen atoms in total. The predicted octanol–water partition coefficient (Wildman–Crippen LogP) is 5.12. The number of para-hydroxylation sites is 1. The zero-order valence-electron chi connectivity index (χ0n) is 15.4. The van der Waals surface area contributed by atoms with Crippen LogP contribution >= 0.6 is 0 Å². The number of aromatic nitrogens is 1. The van der Waals surface area contributed by atoms with Gasteiger partial charge < -0.3 is 15.0 Å². The van der Waals surface area contributed by atoms with Crippen molar-refractivity contribution in [1.29, 1.82) is 0 Å². The number of nitrogens with zero attached hydrogens (tertiary/aromatic N) is 1. The second-order valence-electron chi connectivity index (χ2n) is 7.54. The Morgan fingerprint density at radius 2 is 1.63 bits per heavy atom. The van der Waals surface area contributed by atoms with Gasteiger partial charge in [-0.15, -0.1) is 0 Å². The molecule has 0 aliphatic carbocycles. The molecule has 1 aliphatic heterocycles. The summed E-state index contributed by atoms with van der Waals surface area (Å²) in [6.45, 7) is 2.87. The molecule has 0 radical (unpaired) electrons. The van der Waals surface area contributed by atoms with Crippen LogP contribution in [0, 0.1) is 0 Å². The molecule has 1 aromatic heterocycles. The molecule has 0 bridgehead atoms. The normalized spacial score (nSPS) is 16.3. The van der Waals surface area contributed by atoms with E-state index in [0.717, 1.165) is 40.8 Å². The zero-order chi connectivity index (χ0) is 18.2. The van der Waals surface area contributed by atoms with Gasteiger partial charge in [-0.1, -0.05) is 54.6 Å². The van der Waals surface area contributed by atoms with E-state index in [1.807, 2.05) is 12.1 Å². The van der Waals surface area contributed by atoms with Crippen molar-refractivity contribution >= 4 is 21.7 Å². The predicted molar refractivity (Wildman–Crippen MR) is 112 cm³/mol. The first-order chi connectivity index (χ1) is 13.3. The summed E-state index contributed by atoms with van der Waals surface area (Å²) in [5.41, 5.74) is 4.26. The highest BCUT2D eigenvalue weighted by molar-refractivity contribution is 5.94. The highest BCUT2D eigenvalue weighted by atomic mass is 16.3. The Hall–Kier alpha value is -2.62.